The molecule has 4 rings (SSSR count). The highest BCUT2D eigenvalue weighted by molar-refractivity contribution is 6.31. The lowest BCUT2D eigenvalue weighted by Crippen LogP contribution is -2.24. The second-order valence-electron chi connectivity index (χ2n) is 6.86. The molecule has 0 atom stereocenters. The molecule has 28 heavy (non-hydrogen) atoms. The number of carbonyl (C=O) groups excluding carboxylic acids is 1. The standard InChI is InChI=1S/C21H20ClN5O/c1-26(2)21-16-13-14(22)8-10-17(16)24-18(25-21)11-9-15-5-3-6-19(23-15)27-12-4-7-20(27)28/h3,5-6,8-11,13H,4,7,12H2,1-2H3. The van der Waals surface area contributed by atoms with Crippen molar-refractivity contribution in [1.82, 2.24) is 15.0 Å². The van der Waals surface area contributed by atoms with Crippen molar-refractivity contribution in [3.05, 3.63) is 52.9 Å². The van der Waals surface area contributed by atoms with Gasteiger partial charge in [-0.15, -0.1) is 0 Å². The van der Waals surface area contributed by atoms with E-state index in [1.54, 1.807) is 4.90 Å². The summed E-state index contributed by atoms with van der Waals surface area (Å²) < 4.78 is 0. The Morgan fingerprint density at radius 3 is 2.71 bits per heavy atom. The molecular weight excluding hydrogens is 374 g/mol. The molecule has 0 unspecified atom stereocenters. The minimum Gasteiger partial charge on any atom is -0.362 e. The van der Waals surface area contributed by atoms with Gasteiger partial charge in [-0.2, -0.15) is 0 Å². The number of aromatic nitrogens is 3. The highest BCUT2D eigenvalue weighted by atomic mass is 35.5. The van der Waals surface area contributed by atoms with Crippen LogP contribution in [0.4, 0.5) is 11.6 Å². The molecule has 0 N–H and O–H groups in total. The monoisotopic (exact) mass is 393 g/mol. The maximum atomic E-state index is 11.9. The molecule has 1 aliphatic heterocycles. The average Bonchev–Trinajstić information content (AvgIpc) is 3.12. The molecular formula is C21H20ClN5O. The van der Waals surface area contributed by atoms with Crippen molar-refractivity contribution in [2.45, 2.75) is 12.8 Å². The van der Waals surface area contributed by atoms with Gasteiger partial charge in [-0.1, -0.05) is 17.7 Å². The lowest BCUT2D eigenvalue weighted by atomic mass is 10.2. The summed E-state index contributed by atoms with van der Waals surface area (Å²) in [6.07, 6.45) is 5.16. The number of hydrogen-bond acceptors (Lipinski definition) is 5. The van der Waals surface area contributed by atoms with E-state index in [0.29, 0.717) is 23.1 Å². The van der Waals surface area contributed by atoms with E-state index in [1.807, 2.05) is 67.5 Å². The van der Waals surface area contributed by atoms with E-state index in [2.05, 4.69) is 15.0 Å². The predicted molar refractivity (Wildman–Crippen MR) is 114 cm³/mol. The normalized spacial score (nSPS) is 14.4. The van der Waals surface area contributed by atoms with Gasteiger partial charge in [0.2, 0.25) is 5.91 Å². The first-order valence-electron chi connectivity index (χ1n) is 9.11. The van der Waals surface area contributed by atoms with Crippen LogP contribution in [0.1, 0.15) is 24.4 Å². The van der Waals surface area contributed by atoms with Gasteiger partial charge >= 0.3 is 0 Å². The first-order chi connectivity index (χ1) is 13.5. The molecule has 0 radical (unpaired) electrons. The van der Waals surface area contributed by atoms with Crippen molar-refractivity contribution in [1.29, 1.82) is 0 Å². The zero-order chi connectivity index (χ0) is 19.7. The smallest absolute Gasteiger partial charge is 0.228 e. The predicted octanol–water partition coefficient (Wildman–Crippen LogP) is 4.04. The number of amides is 1. The van der Waals surface area contributed by atoms with Gasteiger partial charge in [-0.3, -0.25) is 9.69 Å². The van der Waals surface area contributed by atoms with Crippen LogP contribution in [0.25, 0.3) is 23.1 Å². The highest BCUT2D eigenvalue weighted by Crippen LogP contribution is 2.26. The van der Waals surface area contributed by atoms with E-state index >= 15 is 0 Å². The number of pyridine rings is 1. The largest absolute Gasteiger partial charge is 0.362 e. The zero-order valence-corrected chi connectivity index (χ0v) is 16.5. The van der Waals surface area contributed by atoms with Crippen molar-refractivity contribution < 1.29 is 4.79 Å². The Morgan fingerprint density at radius 2 is 1.96 bits per heavy atom. The maximum absolute atomic E-state index is 11.9. The zero-order valence-electron chi connectivity index (χ0n) is 15.8. The average molecular weight is 394 g/mol. The lowest BCUT2D eigenvalue weighted by Gasteiger charge is -2.15. The van der Waals surface area contributed by atoms with Crippen LogP contribution in [0.15, 0.2) is 36.4 Å². The third-order valence-corrected chi connectivity index (χ3v) is 4.82. The van der Waals surface area contributed by atoms with Gasteiger partial charge in [0.25, 0.3) is 0 Å². The summed E-state index contributed by atoms with van der Waals surface area (Å²) in [5.41, 5.74) is 1.58. The molecule has 0 aliphatic carbocycles. The fourth-order valence-electron chi connectivity index (χ4n) is 3.25. The van der Waals surface area contributed by atoms with Crippen molar-refractivity contribution >= 4 is 52.2 Å². The SMILES string of the molecule is CN(C)c1nc(C=Cc2cccc(N3CCCC3=O)n2)nc2ccc(Cl)cc12. The maximum Gasteiger partial charge on any atom is 0.228 e. The number of anilines is 2. The summed E-state index contributed by atoms with van der Waals surface area (Å²) in [6.45, 7) is 0.724. The molecule has 142 valence electrons. The number of halogens is 1. The van der Waals surface area contributed by atoms with Gasteiger partial charge in [0, 0.05) is 37.5 Å². The van der Waals surface area contributed by atoms with Gasteiger partial charge < -0.3 is 4.90 Å². The number of benzene rings is 1. The topological polar surface area (TPSA) is 62.2 Å². The van der Waals surface area contributed by atoms with Crippen molar-refractivity contribution in [2.24, 2.45) is 0 Å². The highest BCUT2D eigenvalue weighted by Gasteiger charge is 2.22. The van der Waals surface area contributed by atoms with Crippen LogP contribution in [0.3, 0.4) is 0 Å². The molecule has 3 aromatic rings. The molecule has 1 aliphatic rings. The Balaban J connectivity index is 1.67. The quantitative estimate of drug-likeness (QED) is 0.669. The molecule has 1 aromatic carbocycles. The van der Waals surface area contributed by atoms with E-state index in [4.69, 9.17) is 11.6 Å². The van der Waals surface area contributed by atoms with Gasteiger partial charge in [-0.05, 0) is 48.9 Å². The Labute approximate surface area is 168 Å². The van der Waals surface area contributed by atoms with Crippen LogP contribution >= 0.6 is 11.6 Å². The molecule has 3 heterocycles. The number of rotatable bonds is 4. The first-order valence-corrected chi connectivity index (χ1v) is 9.49. The van der Waals surface area contributed by atoms with E-state index < -0.39 is 0 Å². The third kappa shape index (κ3) is 3.68. The van der Waals surface area contributed by atoms with Gasteiger partial charge in [0.05, 0.1) is 11.2 Å². The van der Waals surface area contributed by atoms with Crippen molar-refractivity contribution in [2.75, 3.05) is 30.4 Å². The number of fused-ring (bicyclic) bond motifs is 1. The number of carbonyl (C=O) groups is 1. The Bertz CT molecular complexity index is 1080. The van der Waals surface area contributed by atoms with Gasteiger partial charge in [-0.25, -0.2) is 15.0 Å². The molecule has 2 aromatic heterocycles. The van der Waals surface area contributed by atoms with Crippen LogP contribution in [0, 0.1) is 0 Å². The second kappa shape index (κ2) is 7.56. The van der Waals surface area contributed by atoms with Crippen LogP contribution in [0.5, 0.6) is 0 Å². The molecule has 6 nitrogen and oxygen atoms in total. The minimum atomic E-state index is 0.126. The summed E-state index contributed by atoms with van der Waals surface area (Å²) in [7, 11) is 3.88. The molecule has 7 heteroatoms. The lowest BCUT2D eigenvalue weighted by molar-refractivity contribution is -0.117. The first kappa shape index (κ1) is 18.4. The fraction of sp³-hybridized carbons (Fsp3) is 0.238. The van der Waals surface area contributed by atoms with Crippen LogP contribution < -0.4 is 9.80 Å². The van der Waals surface area contributed by atoms with Gasteiger partial charge in [0.1, 0.15) is 11.6 Å². The number of hydrogen-bond donors (Lipinski definition) is 0. The molecule has 1 amide bonds. The summed E-state index contributed by atoms with van der Waals surface area (Å²) in [5.74, 6) is 2.20. The van der Waals surface area contributed by atoms with Gasteiger partial charge in [0.15, 0.2) is 5.82 Å². The molecule has 0 spiro atoms. The second-order valence-corrected chi connectivity index (χ2v) is 7.30. The Kier molecular flexibility index (Phi) is 4.96. The summed E-state index contributed by atoms with van der Waals surface area (Å²) in [4.78, 5) is 29.5. The number of nitrogens with zero attached hydrogens (tertiary/aromatic N) is 5. The molecule has 1 fully saturated rings. The Hall–Kier alpha value is -2.99. The summed E-state index contributed by atoms with van der Waals surface area (Å²) in [6, 6.07) is 11.2. The minimum absolute atomic E-state index is 0.126. The molecule has 0 bridgehead atoms. The summed E-state index contributed by atoms with van der Waals surface area (Å²) in [5, 5.41) is 1.56. The molecule has 0 saturated carbocycles. The van der Waals surface area contributed by atoms with Crippen LogP contribution in [0.2, 0.25) is 5.02 Å². The fourth-order valence-corrected chi connectivity index (χ4v) is 3.42. The summed E-state index contributed by atoms with van der Waals surface area (Å²) >= 11 is 6.13. The Morgan fingerprint density at radius 1 is 1.11 bits per heavy atom. The van der Waals surface area contributed by atoms with E-state index in [-0.39, 0.29) is 5.91 Å². The van der Waals surface area contributed by atoms with Crippen LogP contribution in [-0.4, -0.2) is 41.5 Å². The van der Waals surface area contributed by atoms with Crippen molar-refractivity contribution in [3.63, 3.8) is 0 Å². The van der Waals surface area contributed by atoms with E-state index in [1.165, 1.54) is 0 Å². The van der Waals surface area contributed by atoms with Crippen molar-refractivity contribution in [3.8, 4) is 0 Å². The molecule has 1 saturated heterocycles. The van der Waals surface area contributed by atoms with E-state index in [0.717, 1.165) is 35.4 Å². The van der Waals surface area contributed by atoms with E-state index in [9.17, 15) is 4.79 Å². The third-order valence-electron chi connectivity index (χ3n) is 4.59. The van der Waals surface area contributed by atoms with Crippen LogP contribution in [-0.2, 0) is 4.79 Å².